The van der Waals surface area contributed by atoms with Crippen LogP contribution in [0, 0.1) is 0 Å². The highest BCUT2D eigenvalue weighted by Crippen LogP contribution is 2.29. The summed E-state index contributed by atoms with van der Waals surface area (Å²) in [5.74, 6) is -0.0118. The van der Waals surface area contributed by atoms with Crippen LogP contribution in [0.2, 0.25) is 0 Å². The smallest absolute Gasteiger partial charge is 0.258 e. The molecule has 1 aliphatic rings. The maximum absolute atomic E-state index is 13.6. The van der Waals surface area contributed by atoms with E-state index in [9.17, 15) is 9.59 Å². The van der Waals surface area contributed by atoms with Gasteiger partial charge in [0.05, 0.1) is 21.8 Å². The average Bonchev–Trinajstić information content (AvgIpc) is 3.60. The maximum Gasteiger partial charge on any atom is 0.258 e. The molecule has 9 heteroatoms. The van der Waals surface area contributed by atoms with Crippen molar-refractivity contribution in [3.8, 4) is 16.3 Å². The second kappa shape index (κ2) is 9.52. The van der Waals surface area contributed by atoms with Crippen molar-refractivity contribution in [3.05, 3.63) is 106 Å². The number of amides is 1. The summed E-state index contributed by atoms with van der Waals surface area (Å²) >= 11 is 1.58. The zero-order valence-electron chi connectivity index (χ0n) is 19.5. The molecule has 6 rings (SSSR count). The number of carbonyl (C=O) groups excluding carboxylic acids is 1. The Hall–Kier alpha value is -4.08. The highest BCUT2D eigenvalue weighted by molar-refractivity contribution is 7.13. The summed E-state index contributed by atoms with van der Waals surface area (Å²) in [6.07, 6.45) is 3.56. The second-order valence-electron chi connectivity index (χ2n) is 8.73. The van der Waals surface area contributed by atoms with E-state index < -0.39 is 0 Å². The fraction of sp³-hybridized carbons (Fsp3) is 0.185. The van der Waals surface area contributed by atoms with Crippen molar-refractivity contribution in [3.63, 3.8) is 0 Å². The van der Waals surface area contributed by atoms with Crippen LogP contribution >= 0.6 is 11.3 Å². The van der Waals surface area contributed by atoms with E-state index in [0.29, 0.717) is 49.6 Å². The molecule has 1 fully saturated rings. The van der Waals surface area contributed by atoms with E-state index in [2.05, 4.69) is 9.88 Å². The van der Waals surface area contributed by atoms with Crippen LogP contribution in [-0.2, 0) is 6.54 Å². The van der Waals surface area contributed by atoms with E-state index in [1.807, 2.05) is 77.1 Å². The van der Waals surface area contributed by atoms with Crippen molar-refractivity contribution in [2.75, 3.05) is 26.2 Å². The zero-order chi connectivity index (χ0) is 24.5. The number of aromatic nitrogens is 4. The van der Waals surface area contributed by atoms with Crippen LogP contribution in [0.3, 0.4) is 0 Å². The number of fused-ring (bicyclic) bond motifs is 1. The average molecular weight is 497 g/mol. The monoisotopic (exact) mass is 496 g/mol. The van der Waals surface area contributed by atoms with Gasteiger partial charge in [-0.2, -0.15) is 5.10 Å². The molecule has 0 N–H and O–H groups in total. The molecule has 0 radical (unpaired) electrons. The molecule has 0 spiro atoms. The fourth-order valence-electron chi connectivity index (χ4n) is 4.53. The molecule has 5 heterocycles. The minimum atomic E-state index is -0.0825. The number of carbonyl (C=O) groups is 1. The standard InChI is InChI=1S/C27H24N6O2S/c34-25-17-20(28-24-10-4-5-11-32(24)25)18-30-12-14-31(15-13-30)27(35)22-19-33(21-7-2-1-3-8-21)29-26(22)23-9-6-16-36-23/h1-11,16-17,19H,12-15,18H2. The maximum atomic E-state index is 13.6. The predicted octanol–water partition coefficient (Wildman–Crippen LogP) is 3.57. The van der Waals surface area contributed by atoms with Gasteiger partial charge in [-0.25, -0.2) is 9.67 Å². The number of para-hydroxylation sites is 1. The van der Waals surface area contributed by atoms with Crippen LogP contribution in [0.4, 0.5) is 0 Å². The van der Waals surface area contributed by atoms with Crippen molar-refractivity contribution < 1.29 is 4.79 Å². The lowest BCUT2D eigenvalue weighted by Crippen LogP contribution is -2.48. The van der Waals surface area contributed by atoms with Crippen LogP contribution in [0.5, 0.6) is 0 Å². The molecule has 0 saturated carbocycles. The van der Waals surface area contributed by atoms with Gasteiger partial charge in [0, 0.05) is 51.2 Å². The van der Waals surface area contributed by atoms with Crippen molar-refractivity contribution in [2.24, 2.45) is 0 Å². The molecule has 36 heavy (non-hydrogen) atoms. The van der Waals surface area contributed by atoms with Crippen LogP contribution in [0.25, 0.3) is 21.9 Å². The molecule has 0 atom stereocenters. The molecule has 1 amide bonds. The van der Waals surface area contributed by atoms with Gasteiger partial charge in [-0.05, 0) is 35.7 Å². The Balaban J connectivity index is 1.19. The summed E-state index contributed by atoms with van der Waals surface area (Å²) in [6, 6.07) is 20.9. The molecule has 8 nitrogen and oxygen atoms in total. The Kier molecular flexibility index (Phi) is 5.92. The first-order valence-electron chi connectivity index (χ1n) is 11.8. The summed E-state index contributed by atoms with van der Waals surface area (Å²) in [4.78, 5) is 35.8. The van der Waals surface area contributed by atoms with E-state index in [-0.39, 0.29) is 11.5 Å². The van der Waals surface area contributed by atoms with Gasteiger partial charge in [0.15, 0.2) is 0 Å². The van der Waals surface area contributed by atoms with Gasteiger partial charge in [-0.15, -0.1) is 11.3 Å². The summed E-state index contributed by atoms with van der Waals surface area (Å²) in [7, 11) is 0. The van der Waals surface area contributed by atoms with Gasteiger partial charge in [-0.3, -0.25) is 18.9 Å². The topological polar surface area (TPSA) is 75.7 Å². The van der Waals surface area contributed by atoms with Crippen molar-refractivity contribution >= 4 is 22.9 Å². The highest BCUT2D eigenvalue weighted by Gasteiger charge is 2.27. The van der Waals surface area contributed by atoms with E-state index >= 15 is 0 Å². The summed E-state index contributed by atoms with van der Waals surface area (Å²) in [5.41, 5.74) is 3.54. The third-order valence-corrected chi connectivity index (χ3v) is 7.27. The number of nitrogens with zero attached hydrogens (tertiary/aromatic N) is 6. The van der Waals surface area contributed by atoms with E-state index in [0.717, 1.165) is 16.3 Å². The molecular formula is C27H24N6O2S. The number of pyridine rings is 1. The second-order valence-corrected chi connectivity index (χ2v) is 9.68. The predicted molar refractivity (Wildman–Crippen MR) is 140 cm³/mol. The Morgan fingerprint density at radius 2 is 1.75 bits per heavy atom. The SMILES string of the molecule is O=C(c1cn(-c2ccccc2)nc1-c1cccs1)N1CCN(Cc2cc(=O)n3ccccc3n2)CC1. The van der Waals surface area contributed by atoms with Crippen molar-refractivity contribution in [2.45, 2.75) is 6.54 Å². The number of hydrogen-bond acceptors (Lipinski definition) is 6. The van der Waals surface area contributed by atoms with Gasteiger partial charge < -0.3 is 4.90 Å². The Morgan fingerprint density at radius 3 is 2.53 bits per heavy atom. The van der Waals surface area contributed by atoms with Crippen LogP contribution in [0.1, 0.15) is 16.1 Å². The third kappa shape index (κ3) is 4.34. The van der Waals surface area contributed by atoms with Gasteiger partial charge >= 0.3 is 0 Å². The Labute approximate surface area is 211 Å². The summed E-state index contributed by atoms with van der Waals surface area (Å²) in [6.45, 7) is 3.21. The third-order valence-electron chi connectivity index (χ3n) is 6.39. The molecule has 1 aliphatic heterocycles. The van der Waals surface area contributed by atoms with E-state index in [1.165, 1.54) is 0 Å². The first kappa shape index (κ1) is 22.4. The molecule has 0 unspecified atom stereocenters. The largest absolute Gasteiger partial charge is 0.336 e. The molecule has 0 bridgehead atoms. The van der Waals surface area contributed by atoms with Crippen LogP contribution in [-0.4, -0.2) is 61.1 Å². The minimum Gasteiger partial charge on any atom is -0.336 e. The lowest BCUT2D eigenvalue weighted by Gasteiger charge is -2.34. The van der Waals surface area contributed by atoms with Crippen LogP contribution < -0.4 is 5.56 Å². The van der Waals surface area contributed by atoms with Gasteiger partial charge in [0.2, 0.25) is 0 Å². The Bertz CT molecular complexity index is 1570. The number of thiophene rings is 1. The lowest BCUT2D eigenvalue weighted by atomic mass is 10.1. The quantitative estimate of drug-likeness (QED) is 0.372. The lowest BCUT2D eigenvalue weighted by molar-refractivity contribution is 0.0628. The zero-order valence-corrected chi connectivity index (χ0v) is 20.3. The number of rotatable bonds is 5. The number of benzene rings is 1. The van der Waals surface area contributed by atoms with E-state index in [4.69, 9.17) is 5.10 Å². The van der Waals surface area contributed by atoms with Gasteiger partial charge in [0.1, 0.15) is 11.3 Å². The summed E-state index contributed by atoms with van der Waals surface area (Å²) < 4.78 is 3.32. The molecule has 4 aromatic heterocycles. The first-order chi connectivity index (χ1) is 17.7. The highest BCUT2D eigenvalue weighted by atomic mass is 32.1. The Morgan fingerprint density at radius 1 is 0.944 bits per heavy atom. The van der Waals surface area contributed by atoms with Crippen LogP contribution in [0.15, 0.2) is 89.3 Å². The molecule has 1 aromatic carbocycles. The number of hydrogen-bond donors (Lipinski definition) is 0. The van der Waals surface area contributed by atoms with Gasteiger partial charge in [-0.1, -0.05) is 30.3 Å². The number of piperazine rings is 1. The molecular weight excluding hydrogens is 472 g/mol. The molecule has 1 saturated heterocycles. The minimum absolute atomic E-state index is 0.0118. The van der Waals surface area contributed by atoms with Gasteiger partial charge in [0.25, 0.3) is 11.5 Å². The molecule has 0 aliphatic carbocycles. The fourth-order valence-corrected chi connectivity index (χ4v) is 5.25. The normalized spacial score (nSPS) is 14.4. The van der Waals surface area contributed by atoms with Crippen molar-refractivity contribution in [1.82, 2.24) is 29.0 Å². The summed E-state index contributed by atoms with van der Waals surface area (Å²) in [5, 5.41) is 6.77. The van der Waals surface area contributed by atoms with E-state index in [1.54, 1.807) is 32.7 Å². The molecule has 5 aromatic rings. The first-order valence-corrected chi connectivity index (χ1v) is 12.7. The van der Waals surface area contributed by atoms with Crippen molar-refractivity contribution in [1.29, 1.82) is 0 Å². The molecule has 180 valence electrons.